The van der Waals surface area contributed by atoms with Gasteiger partial charge in [0.25, 0.3) is 5.91 Å². The van der Waals surface area contributed by atoms with Crippen LogP contribution in [0.5, 0.6) is 11.5 Å². The summed E-state index contributed by atoms with van der Waals surface area (Å²) in [5, 5.41) is 12.1. The number of hydrogen-bond donors (Lipinski definition) is 2. The molecule has 1 heterocycles. The molecule has 0 aliphatic carbocycles. The Morgan fingerprint density at radius 3 is 2.59 bits per heavy atom. The molecular formula is C21H17Cl2IN2O6. The number of imide groups is 1. The standard InChI is InChI=1S/C21H17Cl2IN2O6/c1-2-31-17-8-12(7-16-20(29)26(9-18(27)28)21(30)25-16)6-15(24)19(17)32-10-11-3-4-13(22)14(23)5-11/h3-8H,2,9-10H2,1H3,(H,25,30)(H,27,28)/b16-7+. The molecule has 1 fully saturated rings. The number of carbonyl (C=O) groups excluding carboxylic acids is 2. The minimum Gasteiger partial charge on any atom is -0.490 e. The molecule has 8 nitrogen and oxygen atoms in total. The number of rotatable bonds is 8. The van der Waals surface area contributed by atoms with Gasteiger partial charge in [-0.3, -0.25) is 9.59 Å². The molecule has 1 aliphatic rings. The van der Waals surface area contributed by atoms with Gasteiger partial charge in [0.2, 0.25) is 0 Å². The average Bonchev–Trinajstić information content (AvgIpc) is 2.97. The zero-order valence-corrected chi connectivity index (χ0v) is 20.3. The molecule has 0 radical (unpaired) electrons. The molecule has 2 N–H and O–H groups in total. The molecule has 11 heteroatoms. The van der Waals surface area contributed by atoms with Gasteiger partial charge >= 0.3 is 12.0 Å². The van der Waals surface area contributed by atoms with E-state index in [1.54, 1.807) is 30.3 Å². The number of hydrogen-bond acceptors (Lipinski definition) is 5. The summed E-state index contributed by atoms with van der Waals surface area (Å²) in [6.07, 6.45) is 1.45. The van der Waals surface area contributed by atoms with Gasteiger partial charge in [-0.2, -0.15) is 0 Å². The van der Waals surface area contributed by atoms with Crippen LogP contribution in [-0.4, -0.2) is 41.1 Å². The number of carbonyl (C=O) groups is 3. The molecule has 3 rings (SSSR count). The highest BCUT2D eigenvalue weighted by Gasteiger charge is 2.34. The van der Waals surface area contributed by atoms with Gasteiger partial charge < -0.3 is 19.9 Å². The summed E-state index contributed by atoms with van der Waals surface area (Å²) in [4.78, 5) is 35.8. The Hall–Kier alpha value is -2.50. The minimum absolute atomic E-state index is 0.0287. The van der Waals surface area contributed by atoms with Crippen molar-refractivity contribution < 1.29 is 29.0 Å². The summed E-state index contributed by atoms with van der Waals surface area (Å²) in [7, 11) is 0. The predicted octanol–water partition coefficient (Wildman–Crippen LogP) is 4.55. The fourth-order valence-corrected chi connectivity index (χ4v) is 3.98. The van der Waals surface area contributed by atoms with E-state index in [1.807, 2.05) is 6.92 Å². The van der Waals surface area contributed by atoms with Crippen molar-refractivity contribution in [2.75, 3.05) is 13.2 Å². The molecule has 0 aromatic heterocycles. The molecular weight excluding hydrogens is 574 g/mol. The average molecular weight is 591 g/mol. The van der Waals surface area contributed by atoms with Crippen LogP contribution >= 0.6 is 45.8 Å². The van der Waals surface area contributed by atoms with Crippen LogP contribution in [0.3, 0.4) is 0 Å². The van der Waals surface area contributed by atoms with Gasteiger partial charge in [0.1, 0.15) is 18.8 Å². The lowest BCUT2D eigenvalue weighted by atomic mass is 10.1. The summed E-state index contributed by atoms with van der Waals surface area (Å²) < 4.78 is 12.4. The van der Waals surface area contributed by atoms with E-state index in [0.29, 0.717) is 42.2 Å². The zero-order chi connectivity index (χ0) is 23.4. The number of aliphatic carboxylic acids is 1. The van der Waals surface area contributed by atoms with Crippen molar-refractivity contribution in [2.24, 2.45) is 0 Å². The molecule has 0 bridgehead atoms. The van der Waals surface area contributed by atoms with Gasteiger partial charge in [-0.1, -0.05) is 29.3 Å². The topological polar surface area (TPSA) is 105 Å². The normalized spacial score (nSPS) is 14.6. The second-order valence-corrected chi connectivity index (χ2v) is 8.55. The number of halogens is 3. The van der Waals surface area contributed by atoms with Crippen molar-refractivity contribution >= 4 is 69.8 Å². The van der Waals surface area contributed by atoms with Crippen molar-refractivity contribution in [3.8, 4) is 11.5 Å². The van der Waals surface area contributed by atoms with Crippen LogP contribution in [0.15, 0.2) is 36.0 Å². The second-order valence-electron chi connectivity index (χ2n) is 6.57. The Morgan fingerprint density at radius 2 is 1.94 bits per heavy atom. The summed E-state index contributed by atoms with van der Waals surface area (Å²) in [5.74, 6) is -1.04. The molecule has 0 atom stereocenters. The first-order chi connectivity index (χ1) is 15.2. The lowest BCUT2D eigenvalue weighted by Gasteiger charge is -2.15. The summed E-state index contributed by atoms with van der Waals surface area (Å²) in [6.45, 7) is 1.71. The van der Waals surface area contributed by atoms with Crippen LogP contribution < -0.4 is 14.8 Å². The summed E-state index contributed by atoms with van der Waals surface area (Å²) >= 11 is 14.1. The fraction of sp³-hybridized carbons (Fsp3) is 0.190. The maximum absolute atomic E-state index is 12.4. The number of carboxylic acids is 1. The highest BCUT2D eigenvalue weighted by atomic mass is 127. The van der Waals surface area contributed by atoms with Crippen LogP contribution in [0.25, 0.3) is 6.08 Å². The van der Waals surface area contributed by atoms with Crippen molar-refractivity contribution in [2.45, 2.75) is 13.5 Å². The van der Waals surface area contributed by atoms with E-state index in [2.05, 4.69) is 27.9 Å². The zero-order valence-electron chi connectivity index (χ0n) is 16.7. The van der Waals surface area contributed by atoms with Crippen LogP contribution in [-0.2, 0) is 16.2 Å². The van der Waals surface area contributed by atoms with E-state index in [9.17, 15) is 14.4 Å². The number of benzene rings is 2. The van der Waals surface area contributed by atoms with E-state index in [-0.39, 0.29) is 12.3 Å². The first kappa shape index (κ1) is 24.1. The van der Waals surface area contributed by atoms with Crippen molar-refractivity contribution in [3.63, 3.8) is 0 Å². The quantitative estimate of drug-likeness (QED) is 0.265. The molecule has 1 aliphatic heterocycles. The Bertz CT molecular complexity index is 1120. The van der Waals surface area contributed by atoms with E-state index < -0.39 is 24.5 Å². The first-order valence-electron chi connectivity index (χ1n) is 9.29. The van der Waals surface area contributed by atoms with E-state index in [4.69, 9.17) is 37.8 Å². The van der Waals surface area contributed by atoms with Crippen LogP contribution in [0.4, 0.5) is 4.79 Å². The van der Waals surface area contributed by atoms with Gasteiger partial charge in [-0.15, -0.1) is 0 Å². The third-order valence-electron chi connectivity index (χ3n) is 4.27. The Labute approximate surface area is 207 Å². The smallest absolute Gasteiger partial charge is 0.329 e. The highest BCUT2D eigenvalue weighted by Crippen LogP contribution is 2.36. The SMILES string of the molecule is CCOc1cc(/C=C2/NC(=O)N(CC(=O)O)C2=O)cc(I)c1OCc1ccc(Cl)c(Cl)c1. The van der Waals surface area contributed by atoms with Crippen molar-refractivity contribution in [3.05, 3.63) is 60.8 Å². The molecule has 32 heavy (non-hydrogen) atoms. The summed E-state index contributed by atoms with van der Waals surface area (Å²) in [5.41, 5.74) is 1.36. The Morgan fingerprint density at radius 1 is 1.19 bits per heavy atom. The van der Waals surface area contributed by atoms with Crippen LogP contribution in [0.1, 0.15) is 18.1 Å². The lowest BCUT2D eigenvalue weighted by molar-refractivity contribution is -0.140. The minimum atomic E-state index is -1.29. The number of amides is 3. The first-order valence-corrected chi connectivity index (χ1v) is 11.1. The number of carboxylic acid groups (broad SMARTS) is 1. The largest absolute Gasteiger partial charge is 0.490 e. The van der Waals surface area contributed by atoms with Gasteiger partial charge in [0, 0.05) is 0 Å². The Balaban J connectivity index is 1.86. The number of urea groups is 1. The predicted molar refractivity (Wildman–Crippen MR) is 127 cm³/mol. The Kier molecular flexibility index (Phi) is 7.86. The molecule has 0 saturated carbocycles. The molecule has 0 unspecified atom stereocenters. The highest BCUT2D eigenvalue weighted by molar-refractivity contribution is 14.1. The van der Waals surface area contributed by atoms with Gasteiger partial charge in [0.05, 0.1) is 20.2 Å². The van der Waals surface area contributed by atoms with Crippen molar-refractivity contribution in [1.82, 2.24) is 10.2 Å². The van der Waals surface area contributed by atoms with Crippen LogP contribution in [0.2, 0.25) is 10.0 Å². The van der Waals surface area contributed by atoms with Gasteiger partial charge in [-0.05, 0) is 71.0 Å². The third-order valence-corrected chi connectivity index (χ3v) is 5.81. The molecule has 2 aromatic rings. The van der Waals surface area contributed by atoms with Gasteiger partial charge in [0.15, 0.2) is 11.5 Å². The molecule has 2 aromatic carbocycles. The molecule has 3 amide bonds. The monoisotopic (exact) mass is 590 g/mol. The molecule has 0 spiro atoms. The lowest BCUT2D eigenvalue weighted by Crippen LogP contribution is -2.35. The molecule has 168 valence electrons. The third kappa shape index (κ3) is 5.64. The maximum Gasteiger partial charge on any atom is 0.329 e. The van der Waals surface area contributed by atoms with Crippen LogP contribution in [0, 0.1) is 3.57 Å². The van der Waals surface area contributed by atoms with Gasteiger partial charge in [-0.25, -0.2) is 9.69 Å². The number of nitrogens with zero attached hydrogens (tertiary/aromatic N) is 1. The maximum atomic E-state index is 12.4. The molecule has 1 saturated heterocycles. The number of nitrogens with one attached hydrogen (secondary N) is 1. The number of ether oxygens (including phenoxy) is 2. The van der Waals surface area contributed by atoms with E-state index in [0.717, 1.165) is 5.56 Å². The van der Waals surface area contributed by atoms with Crippen molar-refractivity contribution in [1.29, 1.82) is 0 Å². The van der Waals surface area contributed by atoms with E-state index >= 15 is 0 Å². The fourth-order valence-electron chi connectivity index (χ4n) is 2.88. The van der Waals surface area contributed by atoms with E-state index in [1.165, 1.54) is 6.08 Å². The summed E-state index contributed by atoms with van der Waals surface area (Å²) in [6, 6.07) is 7.84. The second kappa shape index (κ2) is 10.4.